The van der Waals surface area contributed by atoms with Gasteiger partial charge < -0.3 is 9.30 Å². The van der Waals surface area contributed by atoms with Crippen molar-refractivity contribution in [1.82, 2.24) is 14.8 Å². The van der Waals surface area contributed by atoms with Crippen molar-refractivity contribution in [2.45, 2.75) is 43.3 Å². The Kier molecular flexibility index (Phi) is 2.95. The molecular weight excluding hydrogens is 214 g/mol. The Balaban J connectivity index is 2.06. The predicted molar refractivity (Wildman–Crippen MR) is 55.5 cm³/mol. The number of rotatable bonds is 3. The summed E-state index contributed by atoms with van der Waals surface area (Å²) in [5, 5.41) is 8.45. The largest absolute Gasteiger partial charge is 0.462 e. The molecule has 0 saturated carbocycles. The second-order valence-corrected chi connectivity index (χ2v) is 4.66. The van der Waals surface area contributed by atoms with Crippen molar-refractivity contribution in [2.24, 2.45) is 0 Å². The van der Waals surface area contributed by atoms with Gasteiger partial charge in [-0.15, -0.1) is 10.2 Å². The van der Waals surface area contributed by atoms with Gasteiger partial charge in [0.2, 0.25) is 0 Å². The normalized spacial score (nSPS) is 25.6. The lowest BCUT2D eigenvalue weighted by Gasteiger charge is -2.05. The number of ether oxygens (including phenoxy) is 1. The molecular formula is C9H13N3O2S. The van der Waals surface area contributed by atoms with Crippen LogP contribution in [0.5, 0.6) is 0 Å². The third-order valence-corrected chi connectivity index (χ3v) is 3.49. The predicted octanol–water partition coefficient (Wildman–Crippen LogP) is 1.09. The number of aromatic nitrogens is 3. The molecule has 2 rings (SSSR count). The molecule has 0 amide bonds. The van der Waals surface area contributed by atoms with E-state index < -0.39 is 0 Å². The van der Waals surface area contributed by atoms with E-state index in [1.165, 1.54) is 11.8 Å². The number of thioether (sulfide) groups is 1. The summed E-state index contributed by atoms with van der Waals surface area (Å²) in [5.41, 5.74) is 0. The molecule has 0 aliphatic carbocycles. The maximum absolute atomic E-state index is 11.4. The molecule has 0 spiro atoms. The van der Waals surface area contributed by atoms with E-state index >= 15 is 0 Å². The van der Waals surface area contributed by atoms with Crippen LogP contribution in [0.25, 0.3) is 0 Å². The van der Waals surface area contributed by atoms with E-state index in [1.807, 2.05) is 18.4 Å². The zero-order valence-corrected chi connectivity index (χ0v) is 9.53. The standard InChI is InChI=1S/C9H13N3O2S/c1-3-12-5-10-11-9(12)15-7-4-6(2)14-8(7)13/h5-7H,3-4H2,1-2H3. The van der Waals surface area contributed by atoms with E-state index in [0.29, 0.717) is 0 Å². The van der Waals surface area contributed by atoms with Gasteiger partial charge in [-0.05, 0) is 13.8 Å². The van der Waals surface area contributed by atoms with Gasteiger partial charge in [0.1, 0.15) is 17.7 Å². The van der Waals surface area contributed by atoms with Crippen molar-refractivity contribution in [1.29, 1.82) is 0 Å². The highest BCUT2D eigenvalue weighted by atomic mass is 32.2. The summed E-state index contributed by atoms with van der Waals surface area (Å²) in [7, 11) is 0. The molecule has 1 aliphatic rings. The quantitative estimate of drug-likeness (QED) is 0.724. The van der Waals surface area contributed by atoms with Gasteiger partial charge in [0, 0.05) is 13.0 Å². The van der Waals surface area contributed by atoms with Gasteiger partial charge in [-0.3, -0.25) is 4.79 Å². The molecule has 1 fully saturated rings. The molecule has 1 aromatic rings. The fraction of sp³-hybridized carbons (Fsp3) is 0.667. The van der Waals surface area contributed by atoms with Crippen molar-refractivity contribution in [3.63, 3.8) is 0 Å². The topological polar surface area (TPSA) is 57.0 Å². The molecule has 6 heteroatoms. The second kappa shape index (κ2) is 4.22. The van der Waals surface area contributed by atoms with E-state index in [1.54, 1.807) is 6.33 Å². The summed E-state index contributed by atoms with van der Waals surface area (Å²) in [6.45, 7) is 4.73. The van der Waals surface area contributed by atoms with Gasteiger partial charge in [-0.25, -0.2) is 0 Å². The lowest BCUT2D eigenvalue weighted by molar-refractivity contribution is -0.140. The number of esters is 1. The van der Waals surface area contributed by atoms with Gasteiger partial charge >= 0.3 is 5.97 Å². The summed E-state index contributed by atoms with van der Waals surface area (Å²) in [6.07, 6.45) is 2.44. The molecule has 0 radical (unpaired) electrons. The molecule has 0 N–H and O–H groups in total. The van der Waals surface area contributed by atoms with Gasteiger partial charge in [0.25, 0.3) is 0 Å². The van der Waals surface area contributed by atoms with E-state index in [2.05, 4.69) is 10.2 Å². The Bertz CT molecular complexity index is 366. The Morgan fingerprint density at radius 3 is 3.13 bits per heavy atom. The van der Waals surface area contributed by atoms with Crippen LogP contribution in [0, 0.1) is 0 Å². The number of aryl methyl sites for hydroxylation is 1. The van der Waals surface area contributed by atoms with Crippen LogP contribution in [-0.2, 0) is 16.1 Å². The van der Waals surface area contributed by atoms with E-state index in [9.17, 15) is 4.79 Å². The highest BCUT2D eigenvalue weighted by Gasteiger charge is 2.33. The van der Waals surface area contributed by atoms with Crippen LogP contribution in [0.15, 0.2) is 11.5 Å². The minimum Gasteiger partial charge on any atom is -0.462 e. The average Bonchev–Trinajstić information content (AvgIpc) is 2.74. The molecule has 15 heavy (non-hydrogen) atoms. The molecule has 5 nitrogen and oxygen atoms in total. The summed E-state index contributed by atoms with van der Waals surface area (Å²) in [4.78, 5) is 11.4. The SMILES string of the molecule is CCn1cnnc1SC1CC(C)OC1=O. The highest BCUT2D eigenvalue weighted by molar-refractivity contribution is 8.00. The van der Waals surface area contributed by atoms with Crippen LogP contribution in [0.3, 0.4) is 0 Å². The van der Waals surface area contributed by atoms with Crippen LogP contribution in [-0.4, -0.2) is 32.1 Å². The Labute approximate surface area is 92.2 Å². The molecule has 82 valence electrons. The van der Waals surface area contributed by atoms with Crippen molar-refractivity contribution in [2.75, 3.05) is 0 Å². The van der Waals surface area contributed by atoms with Crippen LogP contribution in [0.2, 0.25) is 0 Å². The lowest BCUT2D eigenvalue weighted by Crippen LogP contribution is -2.11. The molecule has 2 unspecified atom stereocenters. The fourth-order valence-electron chi connectivity index (χ4n) is 1.50. The first-order valence-electron chi connectivity index (χ1n) is 4.95. The van der Waals surface area contributed by atoms with Gasteiger partial charge in [-0.2, -0.15) is 0 Å². The minimum absolute atomic E-state index is 0.0213. The molecule has 0 aromatic carbocycles. The number of carbonyl (C=O) groups is 1. The zero-order chi connectivity index (χ0) is 10.8. The van der Waals surface area contributed by atoms with E-state index in [-0.39, 0.29) is 17.3 Å². The second-order valence-electron chi connectivity index (χ2n) is 3.49. The third-order valence-electron chi connectivity index (χ3n) is 2.29. The molecule has 1 saturated heterocycles. The third kappa shape index (κ3) is 2.14. The number of carbonyl (C=O) groups excluding carboxylic acids is 1. The lowest BCUT2D eigenvalue weighted by atomic mass is 10.3. The summed E-state index contributed by atoms with van der Waals surface area (Å²) >= 11 is 1.44. The summed E-state index contributed by atoms with van der Waals surface area (Å²) in [6, 6.07) is 0. The van der Waals surface area contributed by atoms with Crippen LogP contribution >= 0.6 is 11.8 Å². The first-order chi connectivity index (χ1) is 7.20. The highest BCUT2D eigenvalue weighted by Crippen LogP contribution is 2.30. The minimum atomic E-state index is -0.141. The fourth-order valence-corrected chi connectivity index (χ4v) is 2.68. The maximum Gasteiger partial charge on any atom is 0.319 e. The molecule has 0 bridgehead atoms. The van der Waals surface area contributed by atoms with Crippen molar-refractivity contribution >= 4 is 17.7 Å². The summed E-state index contributed by atoms with van der Waals surface area (Å²) < 4.78 is 7.00. The number of hydrogen-bond donors (Lipinski definition) is 0. The van der Waals surface area contributed by atoms with E-state index in [4.69, 9.17) is 4.74 Å². The number of hydrogen-bond acceptors (Lipinski definition) is 5. The first kappa shape index (κ1) is 10.5. The van der Waals surface area contributed by atoms with Crippen LogP contribution < -0.4 is 0 Å². The van der Waals surface area contributed by atoms with E-state index in [0.717, 1.165) is 18.1 Å². The zero-order valence-electron chi connectivity index (χ0n) is 8.71. The van der Waals surface area contributed by atoms with Crippen molar-refractivity contribution in [3.8, 4) is 0 Å². The van der Waals surface area contributed by atoms with Crippen LogP contribution in [0.1, 0.15) is 20.3 Å². The maximum atomic E-state index is 11.4. The smallest absolute Gasteiger partial charge is 0.319 e. The average molecular weight is 227 g/mol. The van der Waals surface area contributed by atoms with Crippen molar-refractivity contribution < 1.29 is 9.53 Å². The monoisotopic (exact) mass is 227 g/mol. The molecule has 1 aromatic heterocycles. The first-order valence-corrected chi connectivity index (χ1v) is 5.83. The van der Waals surface area contributed by atoms with Gasteiger partial charge in [0.15, 0.2) is 5.16 Å². The Morgan fingerprint density at radius 2 is 2.53 bits per heavy atom. The molecule has 1 aliphatic heterocycles. The van der Waals surface area contributed by atoms with Crippen molar-refractivity contribution in [3.05, 3.63) is 6.33 Å². The molecule has 2 heterocycles. The van der Waals surface area contributed by atoms with Gasteiger partial charge in [-0.1, -0.05) is 11.8 Å². The van der Waals surface area contributed by atoms with Gasteiger partial charge in [0.05, 0.1) is 0 Å². The number of cyclic esters (lactones) is 1. The molecule has 2 atom stereocenters. The van der Waals surface area contributed by atoms with Crippen LogP contribution in [0.4, 0.5) is 0 Å². The Hall–Kier alpha value is -1.04. The number of nitrogens with zero attached hydrogens (tertiary/aromatic N) is 3. The summed E-state index contributed by atoms with van der Waals surface area (Å²) in [5.74, 6) is -0.141. The Morgan fingerprint density at radius 1 is 1.73 bits per heavy atom.